The van der Waals surface area contributed by atoms with Crippen LogP contribution in [0.25, 0.3) is 22.3 Å². The van der Waals surface area contributed by atoms with Crippen molar-refractivity contribution in [1.29, 1.82) is 0 Å². The van der Waals surface area contributed by atoms with E-state index in [0.717, 1.165) is 11.1 Å². The summed E-state index contributed by atoms with van der Waals surface area (Å²) in [4.78, 5) is 8.95. The molecule has 0 unspecified atom stereocenters. The SMILES string of the molecule is Cc1ccc(-c2nc(N)c3cc(Cl)cc(Cl)c3n2)c(C)c1. The molecule has 0 radical (unpaired) electrons. The minimum Gasteiger partial charge on any atom is -0.383 e. The van der Waals surface area contributed by atoms with Gasteiger partial charge >= 0.3 is 0 Å². The van der Waals surface area contributed by atoms with Gasteiger partial charge in [-0.3, -0.25) is 0 Å². The summed E-state index contributed by atoms with van der Waals surface area (Å²) < 4.78 is 0. The Labute approximate surface area is 132 Å². The summed E-state index contributed by atoms with van der Waals surface area (Å²) in [5.74, 6) is 0.945. The van der Waals surface area contributed by atoms with Crippen LogP contribution in [0.2, 0.25) is 10.0 Å². The smallest absolute Gasteiger partial charge is 0.162 e. The van der Waals surface area contributed by atoms with Crippen LogP contribution in [0.15, 0.2) is 30.3 Å². The highest BCUT2D eigenvalue weighted by Gasteiger charge is 2.12. The quantitative estimate of drug-likeness (QED) is 0.701. The lowest BCUT2D eigenvalue weighted by atomic mass is 10.0. The molecule has 5 heteroatoms. The second-order valence-electron chi connectivity index (χ2n) is 5.03. The number of anilines is 1. The molecule has 3 rings (SSSR count). The van der Waals surface area contributed by atoms with Gasteiger partial charge in [-0.05, 0) is 31.5 Å². The Bertz CT molecular complexity index is 860. The van der Waals surface area contributed by atoms with Gasteiger partial charge in [-0.25, -0.2) is 9.97 Å². The fraction of sp³-hybridized carbons (Fsp3) is 0.125. The van der Waals surface area contributed by atoms with Crippen molar-refractivity contribution in [1.82, 2.24) is 9.97 Å². The van der Waals surface area contributed by atoms with Gasteiger partial charge in [-0.1, -0.05) is 47.0 Å². The van der Waals surface area contributed by atoms with E-state index >= 15 is 0 Å². The second-order valence-corrected chi connectivity index (χ2v) is 5.88. The maximum absolute atomic E-state index is 6.23. The zero-order chi connectivity index (χ0) is 15.1. The van der Waals surface area contributed by atoms with Crippen LogP contribution in [0.4, 0.5) is 5.82 Å². The Morgan fingerprint density at radius 3 is 2.48 bits per heavy atom. The van der Waals surface area contributed by atoms with E-state index in [-0.39, 0.29) is 0 Å². The van der Waals surface area contributed by atoms with Crippen molar-refractivity contribution >= 4 is 39.9 Å². The fourth-order valence-corrected chi connectivity index (χ4v) is 2.90. The number of fused-ring (bicyclic) bond motifs is 1. The molecule has 1 heterocycles. The molecule has 0 saturated carbocycles. The topological polar surface area (TPSA) is 51.8 Å². The first kappa shape index (κ1) is 14.1. The number of nitrogens with zero attached hydrogens (tertiary/aromatic N) is 2. The third-order valence-corrected chi connectivity index (χ3v) is 3.88. The third kappa shape index (κ3) is 2.55. The molecule has 0 aliphatic heterocycles. The second kappa shape index (κ2) is 5.17. The lowest BCUT2D eigenvalue weighted by molar-refractivity contribution is 1.22. The molecule has 1 aromatic heterocycles. The summed E-state index contributed by atoms with van der Waals surface area (Å²) in [6.07, 6.45) is 0. The Kier molecular flexibility index (Phi) is 3.47. The Hall–Kier alpha value is -1.84. The Morgan fingerprint density at radius 2 is 1.76 bits per heavy atom. The predicted octanol–water partition coefficient (Wildman–Crippen LogP) is 4.80. The summed E-state index contributed by atoms with van der Waals surface area (Å²) in [6.45, 7) is 4.07. The van der Waals surface area contributed by atoms with Crippen molar-refractivity contribution < 1.29 is 0 Å². The molecule has 3 aromatic rings. The van der Waals surface area contributed by atoms with E-state index in [0.29, 0.717) is 32.6 Å². The minimum atomic E-state index is 0.374. The predicted molar refractivity (Wildman–Crippen MR) is 88.9 cm³/mol. The van der Waals surface area contributed by atoms with Gasteiger partial charge in [0, 0.05) is 16.0 Å². The van der Waals surface area contributed by atoms with Gasteiger partial charge in [0.05, 0.1) is 10.5 Å². The molecule has 0 bridgehead atoms. The summed E-state index contributed by atoms with van der Waals surface area (Å²) in [7, 11) is 0. The zero-order valence-corrected chi connectivity index (χ0v) is 13.1. The summed E-state index contributed by atoms with van der Waals surface area (Å²) in [5, 5.41) is 1.65. The van der Waals surface area contributed by atoms with Gasteiger partial charge in [0.15, 0.2) is 5.82 Å². The lowest BCUT2D eigenvalue weighted by Crippen LogP contribution is -1.99. The molecular weight excluding hydrogens is 305 g/mol. The van der Waals surface area contributed by atoms with Gasteiger partial charge in [-0.2, -0.15) is 0 Å². The number of rotatable bonds is 1. The maximum Gasteiger partial charge on any atom is 0.162 e. The highest BCUT2D eigenvalue weighted by atomic mass is 35.5. The number of aryl methyl sites for hydroxylation is 2. The number of halogens is 2. The van der Waals surface area contributed by atoms with Crippen LogP contribution >= 0.6 is 23.2 Å². The molecule has 0 saturated heterocycles. The highest BCUT2D eigenvalue weighted by molar-refractivity contribution is 6.38. The summed E-state index contributed by atoms with van der Waals surface area (Å²) in [6, 6.07) is 9.49. The number of benzene rings is 2. The molecule has 2 aromatic carbocycles. The van der Waals surface area contributed by atoms with Gasteiger partial charge in [0.2, 0.25) is 0 Å². The molecule has 106 valence electrons. The van der Waals surface area contributed by atoms with E-state index in [1.807, 2.05) is 26.0 Å². The monoisotopic (exact) mass is 317 g/mol. The fourth-order valence-electron chi connectivity index (χ4n) is 2.37. The molecule has 0 amide bonds. The molecule has 0 spiro atoms. The minimum absolute atomic E-state index is 0.374. The average Bonchev–Trinajstić information content (AvgIpc) is 2.40. The van der Waals surface area contributed by atoms with E-state index in [4.69, 9.17) is 28.9 Å². The summed E-state index contributed by atoms with van der Waals surface area (Å²) in [5.41, 5.74) is 9.89. The van der Waals surface area contributed by atoms with E-state index in [9.17, 15) is 0 Å². The summed E-state index contributed by atoms with van der Waals surface area (Å²) >= 11 is 12.2. The first-order valence-corrected chi connectivity index (χ1v) is 7.21. The van der Waals surface area contributed by atoms with Crippen molar-refractivity contribution in [3.05, 3.63) is 51.5 Å². The van der Waals surface area contributed by atoms with Gasteiger partial charge < -0.3 is 5.73 Å². The van der Waals surface area contributed by atoms with Gasteiger partial charge in [0.1, 0.15) is 5.82 Å². The van der Waals surface area contributed by atoms with E-state index < -0.39 is 0 Å². The van der Waals surface area contributed by atoms with Crippen LogP contribution in [-0.4, -0.2) is 9.97 Å². The molecule has 0 atom stereocenters. The van der Waals surface area contributed by atoms with Crippen molar-refractivity contribution in [2.45, 2.75) is 13.8 Å². The van der Waals surface area contributed by atoms with Crippen molar-refractivity contribution in [2.75, 3.05) is 5.73 Å². The molecule has 2 N–H and O–H groups in total. The molecule has 0 aliphatic rings. The standard InChI is InChI=1S/C16H13Cl2N3/c1-8-3-4-11(9(2)5-8)16-20-14-12(15(19)21-16)6-10(17)7-13(14)18/h3-7H,1-2H3,(H2,19,20,21). The van der Waals surface area contributed by atoms with Crippen LogP contribution < -0.4 is 5.73 Å². The van der Waals surface area contributed by atoms with Crippen molar-refractivity contribution in [3.63, 3.8) is 0 Å². The zero-order valence-electron chi connectivity index (χ0n) is 11.6. The van der Waals surface area contributed by atoms with Crippen LogP contribution in [0, 0.1) is 13.8 Å². The molecule has 3 nitrogen and oxygen atoms in total. The third-order valence-electron chi connectivity index (χ3n) is 3.37. The van der Waals surface area contributed by atoms with Crippen LogP contribution in [0.5, 0.6) is 0 Å². The normalized spacial score (nSPS) is 11.0. The van der Waals surface area contributed by atoms with E-state index in [1.165, 1.54) is 5.56 Å². The average molecular weight is 318 g/mol. The van der Waals surface area contributed by atoms with Crippen molar-refractivity contribution in [2.24, 2.45) is 0 Å². The Balaban J connectivity index is 2.30. The molecular formula is C16H13Cl2N3. The van der Waals surface area contributed by atoms with E-state index in [1.54, 1.807) is 12.1 Å². The van der Waals surface area contributed by atoms with Crippen LogP contribution in [-0.2, 0) is 0 Å². The maximum atomic E-state index is 6.23. The van der Waals surface area contributed by atoms with Crippen LogP contribution in [0.1, 0.15) is 11.1 Å². The van der Waals surface area contributed by atoms with Gasteiger partial charge in [0.25, 0.3) is 0 Å². The molecule has 0 fully saturated rings. The first-order chi connectivity index (χ1) is 9.95. The first-order valence-electron chi connectivity index (χ1n) is 6.45. The number of hydrogen-bond donors (Lipinski definition) is 1. The Morgan fingerprint density at radius 1 is 1.00 bits per heavy atom. The lowest BCUT2D eigenvalue weighted by Gasteiger charge is -2.10. The number of nitrogen functional groups attached to an aromatic ring is 1. The van der Waals surface area contributed by atoms with Crippen LogP contribution in [0.3, 0.4) is 0 Å². The molecule has 0 aliphatic carbocycles. The number of nitrogens with two attached hydrogens (primary N) is 1. The van der Waals surface area contributed by atoms with Crippen molar-refractivity contribution in [3.8, 4) is 11.4 Å². The highest BCUT2D eigenvalue weighted by Crippen LogP contribution is 2.32. The van der Waals surface area contributed by atoms with E-state index in [2.05, 4.69) is 16.0 Å². The molecule has 21 heavy (non-hydrogen) atoms. The van der Waals surface area contributed by atoms with Gasteiger partial charge in [-0.15, -0.1) is 0 Å². The number of hydrogen-bond acceptors (Lipinski definition) is 3. The number of aromatic nitrogens is 2. The largest absolute Gasteiger partial charge is 0.383 e.